The topological polar surface area (TPSA) is 93.5 Å². The van der Waals surface area contributed by atoms with Gasteiger partial charge in [0.15, 0.2) is 5.69 Å². The number of anilines is 1. The molecule has 1 N–H and O–H groups in total. The highest BCUT2D eigenvalue weighted by Crippen LogP contribution is 2.34. The Labute approximate surface area is 200 Å². The molecule has 8 heteroatoms. The summed E-state index contributed by atoms with van der Waals surface area (Å²) < 4.78 is 6.54. The number of rotatable bonds is 5. The number of carbonyl (C=O) groups excluding carboxylic acids is 3. The molecule has 2 heterocycles. The average Bonchev–Trinajstić information content (AvgIpc) is 3.22. The van der Waals surface area contributed by atoms with Crippen molar-refractivity contribution in [1.82, 2.24) is 15.1 Å². The van der Waals surface area contributed by atoms with Crippen molar-refractivity contribution in [2.45, 2.75) is 78.4 Å². The number of nitrogens with zero attached hydrogens (tertiary/aromatic N) is 3. The first-order chi connectivity index (χ1) is 16.1. The third-order valence-corrected chi connectivity index (χ3v) is 7.23. The fraction of sp³-hybridized carbons (Fsp3) is 0.538. The summed E-state index contributed by atoms with van der Waals surface area (Å²) in [5, 5.41) is 7.54. The van der Waals surface area contributed by atoms with E-state index in [4.69, 9.17) is 4.74 Å². The van der Waals surface area contributed by atoms with E-state index < -0.39 is 11.5 Å². The predicted octanol–water partition coefficient (Wildman–Crippen LogP) is 3.79. The first-order valence-electron chi connectivity index (χ1n) is 12.1. The average molecular weight is 467 g/mol. The number of fused-ring (bicyclic) bond motifs is 1. The zero-order chi connectivity index (χ0) is 24.6. The number of benzene rings is 1. The minimum absolute atomic E-state index is 0.0659. The van der Waals surface area contributed by atoms with Crippen LogP contribution in [-0.4, -0.2) is 45.8 Å². The van der Waals surface area contributed by atoms with Crippen molar-refractivity contribution in [3.05, 3.63) is 46.8 Å². The van der Waals surface area contributed by atoms with Crippen LogP contribution in [0.2, 0.25) is 0 Å². The molecule has 8 nitrogen and oxygen atoms in total. The first kappa shape index (κ1) is 24.0. The van der Waals surface area contributed by atoms with Gasteiger partial charge in [0.2, 0.25) is 5.91 Å². The minimum atomic E-state index is -1.22. The van der Waals surface area contributed by atoms with Gasteiger partial charge in [0.1, 0.15) is 11.2 Å². The third-order valence-electron chi connectivity index (χ3n) is 7.23. The largest absolute Gasteiger partial charge is 0.461 e. The van der Waals surface area contributed by atoms with E-state index in [1.165, 1.54) is 10.7 Å². The van der Waals surface area contributed by atoms with Crippen molar-refractivity contribution >= 4 is 23.5 Å². The van der Waals surface area contributed by atoms with Crippen LogP contribution in [0, 0.1) is 19.8 Å². The summed E-state index contributed by atoms with van der Waals surface area (Å²) in [5.74, 6) is -0.498. The van der Waals surface area contributed by atoms with E-state index in [0.717, 1.165) is 36.8 Å². The highest BCUT2D eigenvalue weighted by molar-refractivity contribution is 6.12. The molecule has 1 unspecified atom stereocenters. The van der Waals surface area contributed by atoms with Gasteiger partial charge in [0.05, 0.1) is 13.2 Å². The fourth-order valence-corrected chi connectivity index (χ4v) is 4.90. The lowest BCUT2D eigenvalue weighted by Gasteiger charge is -2.44. The minimum Gasteiger partial charge on any atom is -0.461 e. The van der Waals surface area contributed by atoms with E-state index in [1.54, 1.807) is 18.7 Å². The standard InChI is InChI=1S/C26H34N4O4/c1-6-34-24(32)21-14-22-23(31)30(20-12-9-17(3)18(4)13-20)26(5,15-29(22)28-21)25(33)27-19-10-7-16(2)8-11-19/h9,12-14,16,19H,6-8,10-11,15H2,1-5H3,(H,27,33). The van der Waals surface area contributed by atoms with Crippen LogP contribution < -0.4 is 10.2 Å². The summed E-state index contributed by atoms with van der Waals surface area (Å²) in [5.41, 5.74) is 1.89. The summed E-state index contributed by atoms with van der Waals surface area (Å²) in [6.45, 7) is 10.1. The van der Waals surface area contributed by atoms with E-state index in [2.05, 4.69) is 17.3 Å². The number of ether oxygens (including phenoxy) is 1. The van der Waals surface area contributed by atoms with Gasteiger partial charge in [-0.05, 0) is 82.6 Å². The molecule has 2 amide bonds. The monoisotopic (exact) mass is 466 g/mol. The summed E-state index contributed by atoms with van der Waals surface area (Å²) in [6.07, 6.45) is 4.02. The molecule has 34 heavy (non-hydrogen) atoms. The molecule has 1 atom stereocenters. The molecular formula is C26H34N4O4. The van der Waals surface area contributed by atoms with Crippen molar-refractivity contribution in [2.24, 2.45) is 5.92 Å². The second-order valence-corrected chi connectivity index (χ2v) is 9.91. The Morgan fingerprint density at radius 2 is 1.85 bits per heavy atom. The Morgan fingerprint density at radius 3 is 2.50 bits per heavy atom. The van der Waals surface area contributed by atoms with Crippen LogP contribution in [0.1, 0.15) is 78.6 Å². The quantitative estimate of drug-likeness (QED) is 0.677. The number of nitrogens with one attached hydrogen (secondary N) is 1. The molecule has 1 fully saturated rings. The van der Waals surface area contributed by atoms with Crippen molar-refractivity contribution in [1.29, 1.82) is 0 Å². The summed E-state index contributed by atoms with van der Waals surface area (Å²) in [6, 6.07) is 7.29. The molecule has 2 aromatic rings. The van der Waals surface area contributed by atoms with Gasteiger partial charge in [0, 0.05) is 17.8 Å². The van der Waals surface area contributed by atoms with Gasteiger partial charge in [0.25, 0.3) is 5.91 Å². The molecule has 1 aromatic heterocycles. The van der Waals surface area contributed by atoms with E-state index in [0.29, 0.717) is 11.6 Å². The molecule has 1 aromatic carbocycles. The summed E-state index contributed by atoms with van der Waals surface area (Å²) in [7, 11) is 0. The second kappa shape index (κ2) is 9.24. The highest BCUT2D eigenvalue weighted by atomic mass is 16.5. The molecule has 4 rings (SSSR count). The normalized spacial score (nSPS) is 24.5. The van der Waals surface area contributed by atoms with Crippen molar-refractivity contribution in [2.75, 3.05) is 11.5 Å². The van der Waals surface area contributed by atoms with Crippen LogP contribution in [0.5, 0.6) is 0 Å². The number of aryl methyl sites for hydroxylation is 2. The van der Waals surface area contributed by atoms with Gasteiger partial charge in [-0.1, -0.05) is 13.0 Å². The van der Waals surface area contributed by atoms with Crippen LogP contribution in [0.3, 0.4) is 0 Å². The maximum Gasteiger partial charge on any atom is 0.358 e. The Balaban J connectivity index is 1.73. The van der Waals surface area contributed by atoms with Crippen LogP contribution >= 0.6 is 0 Å². The van der Waals surface area contributed by atoms with Gasteiger partial charge in [-0.15, -0.1) is 0 Å². The summed E-state index contributed by atoms with van der Waals surface area (Å²) in [4.78, 5) is 41.4. The number of hydrogen-bond donors (Lipinski definition) is 1. The van der Waals surface area contributed by atoms with E-state index in [1.807, 2.05) is 32.0 Å². The van der Waals surface area contributed by atoms with Crippen LogP contribution in [0.4, 0.5) is 5.69 Å². The Morgan fingerprint density at radius 1 is 1.15 bits per heavy atom. The van der Waals surface area contributed by atoms with Gasteiger partial charge < -0.3 is 10.1 Å². The fourth-order valence-electron chi connectivity index (χ4n) is 4.90. The maximum absolute atomic E-state index is 13.8. The molecule has 182 valence electrons. The second-order valence-electron chi connectivity index (χ2n) is 9.91. The number of esters is 1. The molecule has 1 aliphatic heterocycles. The smallest absolute Gasteiger partial charge is 0.358 e. The Bertz CT molecular complexity index is 1120. The van der Waals surface area contributed by atoms with Crippen LogP contribution in [0.15, 0.2) is 24.3 Å². The Hall–Kier alpha value is -3.16. The molecule has 2 aliphatic rings. The predicted molar refractivity (Wildman–Crippen MR) is 129 cm³/mol. The Kier molecular flexibility index (Phi) is 6.51. The molecule has 0 radical (unpaired) electrons. The third kappa shape index (κ3) is 4.33. The number of amides is 2. The van der Waals surface area contributed by atoms with Crippen LogP contribution in [0.25, 0.3) is 0 Å². The van der Waals surface area contributed by atoms with Gasteiger partial charge in [-0.3, -0.25) is 19.2 Å². The first-order valence-corrected chi connectivity index (χ1v) is 12.1. The molecule has 1 saturated carbocycles. The van der Waals surface area contributed by atoms with E-state index in [-0.39, 0.29) is 42.4 Å². The lowest BCUT2D eigenvalue weighted by atomic mass is 9.86. The highest BCUT2D eigenvalue weighted by Gasteiger charge is 2.49. The molecular weight excluding hydrogens is 432 g/mol. The number of aromatic nitrogens is 2. The van der Waals surface area contributed by atoms with Gasteiger partial charge in [-0.2, -0.15) is 5.10 Å². The van der Waals surface area contributed by atoms with Gasteiger partial charge >= 0.3 is 5.97 Å². The molecule has 0 spiro atoms. The number of hydrogen-bond acceptors (Lipinski definition) is 5. The lowest BCUT2D eigenvalue weighted by molar-refractivity contribution is -0.127. The van der Waals surface area contributed by atoms with E-state index in [9.17, 15) is 14.4 Å². The molecule has 1 aliphatic carbocycles. The van der Waals surface area contributed by atoms with Crippen molar-refractivity contribution < 1.29 is 19.1 Å². The zero-order valence-electron chi connectivity index (χ0n) is 20.7. The van der Waals surface area contributed by atoms with Crippen molar-refractivity contribution in [3.8, 4) is 0 Å². The maximum atomic E-state index is 13.8. The van der Waals surface area contributed by atoms with E-state index >= 15 is 0 Å². The molecule has 0 saturated heterocycles. The number of carbonyl (C=O) groups is 3. The summed E-state index contributed by atoms with van der Waals surface area (Å²) >= 11 is 0. The zero-order valence-corrected chi connectivity index (χ0v) is 20.7. The lowest BCUT2D eigenvalue weighted by Crippen LogP contribution is -2.65. The van der Waals surface area contributed by atoms with Crippen molar-refractivity contribution in [3.63, 3.8) is 0 Å². The van der Waals surface area contributed by atoms with Gasteiger partial charge in [-0.25, -0.2) is 4.79 Å². The SMILES string of the molecule is CCOC(=O)c1cc2n(n1)CC(C)(C(=O)NC1CCC(C)CC1)N(c1ccc(C)c(C)c1)C2=O. The molecule has 0 bridgehead atoms. The van der Waals surface area contributed by atoms with Crippen LogP contribution in [-0.2, 0) is 16.1 Å².